The molecular formula is C21H22F2N8. The predicted octanol–water partition coefficient (Wildman–Crippen LogP) is 3.13. The maximum atomic E-state index is 14.5. The van der Waals surface area contributed by atoms with Gasteiger partial charge in [-0.2, -0.15) is 4.98 Å². The van der Waals surface area contributed by atoms with Gasteiger partial charge in [-0.15, -0.1) is 5.10 Å². The van der Waals surface area contributed by atoms with E-state index in [0.29, 0.717) is 18.8 Å². The van der Waals surface area contributed by atoms with Gasteiger partial charge in [0, 0.05) is 31.5 Å². The number of rotatable bonds is 4. The van der Waals surface area contributed by atoms with E-state index in [4.69, 9.17) is 4.98 Å². The van der Waals surface area contributed by atoms with Crippen LogP contribution in [-0.2, 0) is 0 Å². The summed E-state index contributed by atoms with van der Waals surface area (Å²) in [5.41, 5.74) is 3.91. The van der Waals surface area contributed by atoms with Crippen LogP contribution >= 0.6 is 0 Å². The Hall–Kier alpha value is -3.40. The van der Waals surface area contributed by atoms with Crippen LogP contribution < -0.4 is 10.6 Å². The van der Waals surface area contributed by atoms with Crippen molar-refractivity contribution in [2.75, 3.05) is 37.8 Å². The van der Waals surface area contributed by atoms with Gasteiger partial charge in [0.05, 0.1) is 29.3 Å². The Labute approximate surface area is 177 Å². The Kier molecular flexibility index (Phi) is 4.66. The molecule has 1 fully saturated rings. The Bertz CT molecular complexity index is 1250. The van der Waals surface area contributed by atoms with E-state index < -0.39 is 12.0 Å². The molecule has 0 aromatic carbocycles. The van der Waals surface area contributed by atoms with Gasteiger partial charge >= 0.3 is 0 Å². The minimum absolute atomic E-state index is 0.156. The summed E-state index contributed by atoms with van der Waals surface area (Å²) in [5.74, 6) is -2.18. The van der Waals surface area contributed by atoms with Gasteiger partial charge < -0.3 is 15.5 Å². The van der Waals surface area contributed by atoms with Gasteiger partial charge in [0.1, 0.15) is 5.52 Å². The molecule has 0 spiro atoms. The highest BCUT2D eigenvalue weighted by Crippen LogP contribution is 2.32. The van der Waals surface area contributed by atoms with Crippen LogP contribution in [0, 0.1) is 0 Å². The Morgan fingerprint density at radius 3 is 2.81 bits per heavy atom. The van der Waals surface area contributed by atoms with Crippen molar-refractivity contribution in [3.8, 4) is 11.3 Å². The van der Waals surface area contributed by atoms with Gasteiger partial charge in [0.15, 0.2) is 5.82 Å². The van der Waals surface area contributed by atoms with E-state index in [-0.39, 0.29) is 12.5 Å². The van der Waals surface area contributed by atoms with Crippen LogP contribution in [0.15, 0.2) is 42.7 Å². The molecule has 0 saturated carbocycles. The van der Waals surface area contributed by atoms with Crippen molar-refractivity contribution < 1.29 is 8.78 Å². The minimum atomic E-state index is -2.87. The highest BCUT2D eigenvalue weighted by molar-refractivity contribution is 5.89. The summed E-state index contributed by atoms with van der Waals surface area (Å²) in [4.78, 5) is 15.1. The zero-order valence-corrected chi connectivity index (χ0v) is 17.2. The normalized spacial score (nSPS) is 19.0. The standard InChI is InChI=1S/C21H22F2N8/c1-24-19-18-13(14-5-6-15-16(26-14)4-3-9-25-15)7-11-31(18)29-20(28-19)27-17-8-10-30(2)12-21(17,22)23/h3-7,9,11,17H,8,10,12H2,1-2H3,(H2,24,27,28,29)/t17-/m0/s1. The third-order valence-electron chi connectivity index (χ3n) is 5.57. The lowest BCUT2D eigenvalue weighted by molar-refractivity contribution is -0.0675. The van der Waals surface area contributed by atoms with Crippen LogP contribution in [0.1, 0.15) is 6.42 Å². The fourth-order valence-electron chi connectivity index (χ4n) is 4.02. The molecule has 160 valence electrons. The number of alkyl halides is 2. The van der Waals surface area contributed by atoms with Crippen LogP contribution in [0.3, 0.4) is 0 Å². The molecular weight excluding hydrogens is 402 g/mol. The molecule has 1 aliphatic rings. The first-order chi connectivity index (χ1) is 14.9. The summed E-state index contributed by atoms with van der Waals surface area (Å²) in [6.07, 6.45) is 3.82. The molecule has 4 aromatic rings. The number of nitrogens with zero attached hydrogens (tertiary/aromatic N) is 6. The minimum Gasteiger partial charge on any atom is -0.371 e. The van der Waals surface area contributed by atoms with Crippen LogP contribution in [-0.4, -0.2) is 68.6 Å². The number of hydrogen-bond donors (Lipinski definition) is 2. The lowest BCUT2D eigenvalue weighted by Gasteiger charge is -2.36. The quantitative estimate of drug-likeness (QED) is 0.521. The molecule has 0 radical (unpaired) electrons. The fraction of sp³-hybridized carbons (Fsp3) is 0.333. The maximum absolute atomic E-state index is 14.5. The number of nitrogens with one attached hydrogen (secondary N) is 2. The summed E-state index contributed by atoms with van der Waals surface area (Å²) >= 11 is 0. The first-order valence-corrected chi connectivity index (χ1v) is 10.1. The predicted molar refractivity (Wildman–Crippen MR) is 116 cm³/mol. The molecule has 1 saturated heterocycles. The van der Waals surface area contributed by atoms with Gasteiger partial charge in [-0.25, -0.2) is 18.3 Å². The summed E-state index contributed by atoms with van der Waals surface area (Å²) in [6.45, 7) is 0.298. The summed E-state index contributed by atoms with van der Waals surface area (Å²) in [7, 11) is 3.44. The largest absolute Gasteiger partial charge is 0.371 e. The van der Waals surface area contributed by atoms with E-state index in [1.54, 1.807) is 35.9 Å². The van der Waals surface area contributed by atoms with Crippen molar-refractivity contribution in [2.24, 2.45) is 0 Å². The van der Waals surface area contributed by atoms with Crippen molar-refractivity contribution in [1.29, 1.82) is 0 Å². The van der Waals surface area contributed by atoms with Crippen LogP contribution in [0.25, 0.3) is 27.8 Å². The number of fused-ring (bicyclic) bond motifs is 2. The molecule has 0 aliphatic carbocycles. The number of halogens is 2. The van der Waals surface area contributed by atoms with E-state index in [1.807, 2.05) is 30.3 Å². The lowest BCUT2D eigenvalue weighted by Crippen LogP contribution is -2.53. The molecule has 8 nitrogen and oxygen atoms in total. The van der Waals surface area contributed by atoms with Gasteiger partial charge in [-0.1, -0.05) is 0 Å². The van der Waals surface area contributed by atoms with E-state index in [1.165, 1.54) is 0 Å². The van der Waals surface area contributed by atoms with Crippen molar-refractivity contribution in [3.05, 3.63) is 42.7 Å². The van der Waals surface area contributed by atoms with Crippen molar-refractivity contribution in [1.82, 2.24) is 29.5 Å². The number of aromatic nitrogens is 5. The molecule has 1 aliphatic heterocycles. The molecule has 0 unspecified atom stereocenters. The highest BCUT2D eigenvalue weighted by Gasteiger charge is 2.44. The number of hydrogen-bond acceptors (Lipinski definition) is 7. The third kappa shape index (κ3) is 3.52. The van der Waals surface area contributed by atoms with Gasteiger partial charge in [0.2, 0.25) is 5.95 Å². The zero-order valence-electron chi connectivity index (χ0n) is 17.2. The first kappa shape index (κ1) is 19.6. The molecule has 2 N–H and O–H groups in total. The highest BCUT2D eigenvalue weighted by atomic mass is 19.3. The van der Waals surface area contributed by atoms with Gasteiger partial charge in [-0.05, 0) is 43.8 Å². The third-order valence-corrected chi connectivity index (χ3v) is 5.57. The van der Waals surface area contributed by atoms with Crippen LogP contribution in [0.5, 0.6) is 0 Å². The zero-order chi connectivity index (χ0) is 21.6. The van der Waals surface area contributed by atoms with Crippen molar-refractivity contribution in [2.45, 2.75) is 18.4 Å². The average molecular weight is 424 g/mol. The average Bonchev–Trinajstić information content (AvgIpc) is 3.18. The smallest absolute Gasteiger partial charge is 0.280 e. The summed E-state index contributed by atoms with van der Waals surface area (Å²) in [5, 5.41) is 10.3. The monoisotopic (exact) mass is 424 g/mol. The van der Waals surface area contributed by atoms with Gasteiger partial charge in [0.25, 0.3) is 5.92 Å². The van der Waals surface area contributed by atoms with Crippen LogP contribution in [0.2, 0.25) is 0 Å². The van der Waals surface area contributed by atoms with E-state index in [2.05, 4.69) is 25.7 Å². The molecule has 5 rings (SSSR count). The molecule has 10 heteroatoms. The van der Waals surface area contributed by atoms with E-state index in [0.717, 1.165) is 27.8 Å². The van der Waals surface area contributed by atoms with E-state index >= 15 is 0 Å². The molecule has 0 amide bonds. The molecule has 4 aromatic heterocycles. The summed E-state index contributed by atoms with van der Waals surface area (Å²) < 4.78 is 30.6. The molecule has 31 heavy (non-hydrogen) atoms. The maximum Gasteiger partial charge on any atom is 0.280 e. The SMILES string of the molecule is CNc1nc(N[C@H]2CCN(C)CC2(F)F)nn2ccc(-c3ccc4ncccc4n3)c12. The number of anilines is 2. The number of piperidine rings is 1. The second-order valence-electron chi connectivity index (χ2n) is 7.78. The second kappa shape index (κ2) is 7.38. The molecule has 0 bridgehead atoms. The first-order valence-electron chi connectivity index (χ1n) is 10.1. The number of pyridine rings is 2. The van der Waals surface area contributed by atoms with Gasteiger partial charge in [-0.3, -0.25) is 4.98 Å². The number of likely N-dealkylation sites (tertiary alicyclic amines) is 1. The van der Waals surface area contributed by atoms with Crippen LogP contribution in [0.4, 0.5) is 20.5 Å². The topological polar surface area (TPSA) is 83.3 Å². The lowest BCUT2D eigenvalue weighted by atomic mass is 10.0. The second-order valence-corrected chi connectivity index (χ2v) is 7.78. The molecule has 5 heterocycles. The Balaban J connectivity index is 1.53. The summed E-state index contributed by atoms with van der Waals surface area (Å²) in [6, 6.07) is 8.44. The Morgan fingerprint density at radius 1 is 1.13 bits per heavy atom. The fourth-order valence-corrected chi connectivity index (χ4v) is 4.02. The Morgan fingerprint density at radius 2 is 2.00 bits per heavy atom. The van der Waals surface area contributed by atoms with E-state index in [9.17, 15) is 8.78 Å². The molecule has 1 atom stereocenters. The van der Waals surface area contributed by atoms with Crippen molar-refractivity contribution >= 4 is 28.3 Å². The van der Waals surface area contributed by atoms with Crippen molar-refractivity contribution in [3.63, 3.8) is 0 Å².